The number of ether oxygens (including phenoxy) is 2. The first-order valence-corrected chi connectivity index (χ1v) is 10.7. The summed E-state index contributed by atoms with van der Waals surface area (Å²) in [5.74, 6) is 1.10. The number of nitrogens with one attached hydrogen (secondary N) is 1. The number of halogens is 2. The van der Waals surface area contributed by atoms with Crippen LogP contribution in [0.25, 0.3) is 22.2 Å². The Kier molecular flexibility index (Phi) is 7.54. The van der Waals surface area contributed by atoms with Crippen molar-refractivity contribution >= 4 is 22.7 Å². The van der Waals surface area contributed by atoms with Gasteiger partial charge >= 0.3 is 12.7 Å². The van der Waals surface area contributed by atoms with E-state index in [1.165, 1.54) is 25.0 Å². The maximum atomic E-state index is 12.5. The number of hydrogen-bond acceptors (Lipinski definition) is 4. The second-order valence-corrected chi connectivity index (χ2v) is 8.29. The molecule has 1 fully saturated rings. The number of carbonyl (C=O) groups is 1. The van der Waals surface area contributed by atoms with Gasteiger partial charge in [0.15, 0.2) is 0 Å². The maximum Gasteiger partial charge on any atom is 0.411 e. The number of hydrogen-bond donors (Lipinski definition) is 1. The molecule has 0 unspecified atom stereocenters. The van der Waals surface area contributed by atoms with Crippen LogP contribution in [0.15, 0.2) is 42.5 Å². The Hall–Kier alpha value is -3.60. The number of rotatable bonds is 5. The molecule has 1 aliphatic carbocycles. The number of nitrogens with zero attached hydrogens (tertiary/aromatic N) is 2. The molecule has 0 bridgehead atoms. The Bertz CT molecular complexity index is 1160. The molecule has 0 aliphatic heterocycles. The van der Waals surface area contributed by atoms with Gasteiger partial charge in [-0.25, -0.2) is 4.79 Å². The molecule has 33 heavy (non-hydrogen) atoms. The lowest BCUT2D eigenvalue weighted by molar-refractivity contribution is -0.0497. The van der Waals surface area contributed by atoms with Crippen LogP contribution in [0.1, 0.15) is 39.2 Å². The third-order valence-electron chi connectivity index (χ3n) is 5.12. The number of fused-ring (bicyclic) bond motifs is 1. The lowest BCUT2D eigenvalue weighted by Crippen LogP contribution is -2.17. The molecule has 3 aromatic rings. The summed E-state index contributed by atoms with van der Waals surface area (Å²) in [4.78, 5) is 11.7. The highest BCUT2D eigenvalue weighted by molar-refractivity contribution is 5.95. The van der Waals surface area contributed by atoms with E-state index in [2.05, 4.69) is 23.0 Å². The van der Waals surface area contributed by atoms with Crippen LogP contribution in [0.4, 0.5) is 19.3 Å². The Morgan fingerprint density at radius 3 is 2.33 bits per heavy atom. The fourth-order valence-corrected chi connectivity index (χ4v) is 3.28. The van der Waals surface area contributed by atoms with Crippen LogP contribution >= 0.6 is 0 Å². The number of amides is 1. The molecule has 1 heterocycles. The highest BCUT2D eigenvalue weighted by atomic mass is 19.3. The van der Waals surface area contributed by atoms with E-state index in [9.17, 15) is 18.8 Å². The number of aromatic nitrogens is 1. The van der Waals surface area contributed by atoms with Crippen molar-refractivity contribution in [1.29, 1.82) is 5.26 Å². The van der Waals surface area contributed by atoms with Crippen molar-refractivity contribution in [2.24, 2.45) is 13.0 Å². The van der Waals surface area contributed by atoms with Gasteiger partial charge in [0.2, 0.25) is 0 Å². The van der Waals surface area contributed by atoms with Gasteiger partial charge in [0, 0.05) is 24.2 Å². The highest BCUT2D eigenvalue weighted by Gasteiger charge is 2.18. The lowest BCUT2D eigenvalue weighted by Gasteiger charge is -2.10. The summed E-state index contributed by atoms with van der Waals surface area (Å²) in [7, 11) is 1.75. The molecule has 0 radical (unpaired) electrons. The summed E-state index contributed by atoms with van der Waals surface area (Å²) in [5.41, 5.74) is 2.93. The van der Waals surface area contributed by atoms with Gasteiger partial charge in [-0.1, -0.05) is 31.9 Å². The number of aryl methyl sites for hydroxylation is 1. The number of nitriles is 1. The zero-order valence-corrected chi connectivity index (χ0v) is 19.1. The van der Waals surface area contributed by atoms with Crippen molar-refractivity contribution in [2.75, 3.05) is 5.32 Å². The van der Waals surface area contributed by atoms with Crippen LogP contribution in [0.5, 0.6) is 5.75 Å². The summed E-state index contributed by atoms with van der Waals surface area (Å²) < 4.78 is 36.3. The smallest absolute Gasteiger partial charge is 0.411 e. The van der Waals surface area contributed by atoms with Crippen LogP contribution in [0, 0.1) is 17.2 Å². The summed E-state index contributed by atoms with van der Waals surface area (Å²) in [6, 6.07) is 13.6. The number of carbonyl (C=O) groups excluding carboxylic acids is 1. The first-order chi connectivity index (χ1) is 15.7. The molecule has 0 spiro atoms. The third-order valence-corrected chi connectivity index (χ3v) is 5.12. The van der Waals surface area contributed by atoms with Crippen molar-refractivity contribution in [3.05, 3.63) is 48.0 Å². The second kappa shape index (κ2) is 10.3. The minimum absolute atomic E-state index is 0.0207. The largest absolute Gasteiger partial charge is 0.447 e. The minimum Gasteiger partial charge on any atom is -0.447 e. The average Bonchev–Trinajstić information content (AvgIpc) is 3.48. The normalized spacial score (nSPS) is 12.8. The predicted octanol–water partition coefficient (Wildman–Crippen LogP) is 6.69. The summed E-state index contributed by atoms with van der Waals surface area (Å²) in [6.45, 7) is 2.86. The zero-order chi connectivity index (χ0) is 24.1. The Balaban J connectivity index is 0.000000690. The van der Waals surface area contributed by atoms with Crippen molar-refractivity contribution in [3.63, 3.8) is 0 Å². The van der Waals surface area contributed by atoms with Gasteiger partial charge in [0.05, 0.1) is 22.9 Å². The van der Waals surface area contributed by atoms with E-state index in [1.54, 1.807) is 55.8 Å². The molecule has 1 aliphatic rings. The average molecular weight is 456 g/mol. The molecule has 6 nitrogen and oxygen atoms in total. The molecule has 174 valence electrons. The minimum atomic E-state index is -2.93. The van der Waals surface area contributed by atoms with E-state index >= 15 is 0 Å². The van der Waals surface area contributed by atoms with Gasteiger partial charge in [-0.15, -0.1) is 0 Å². The van der Waals surface area contributed by atoms with E-state index in [4.69, 9.17) is 4.74 Å². The van der Waals surface area contributed by atoms with Crippen LogP contribution < -0.4 is 10.1 Å². The first kappa shape index (κ1) is 24.1. The van der Waals surface area contributed by atoms with Gasteiger partial charge in [-0.3, -0.25) is 5.32 Å². The molecule has 0 saturated heterocycles. The molecule has 8 heteroatoms. The number of anilines is 1. The van der Waals surface area contributed by atoms with E-state index in [0.29, 0.717) is 27.8 Å². The standard InChI is InChI=1S/C21H19F2N3O3.C4H8/c1-12(2)28-21(27)25-14-6-4-13(5-7-14)19-17(11-24)16-9-8-15(29-20(22)23)10-18(16)26(19)3;1-4-2-3-4/h4-10,12,20H,1-3H3,(H,25,27);4H,2-3H2,1H3. The Labute approximate surface area is 191 Å². The Morgan fingerprint density at radius 1 is 1.18 bits per heavy atom. The van der Waals surface area contributed by atoms with E-state index in [0.717, 1.165) is 11.5 Å². The molecule has 2 aromatic carbocycles. The van der Waals surface area contributed by atoms with Crippen molar-refractivity contribution in [3.8, 4) is 23.1 Å². The molecule has 1 amide bonds. The third kappa shape index (κ3) is 6.22. The second-order valence-electron chi connectivity index (χ2n) is 8.29. The van der Waals surface area contributed by atoms with Crippen LogP contribution in [-0.2, 0) is 11.8 Å². The fraction of sp³-hybridized carbons (Fsp3) is 0.360. The topological polar surface area (TPSA) is 76.3 Å². The van der Waals surface area contributed by atoms with Gasteiger partial charge in [0.1, 0.15) is 11.8 Å². The van der Waals surface area contributed by atoms with Gasteiger partial charge in [-0.05, 0) is 49.6 Å². The van der Waals surface area contributed by atoms with Crippen molar-refractivity contribution in [2.45, 2.75) is 46.3 Å². The van der Waals surface area contributed by atoms with Crippen molar-refractivity contribution in [1.82, 2.24) is 4.57 Å². The SMILES string of the molecule is CC(C)OC(=O)Nc1ccc(-c2c(C#N)c3ccc(OC(F)F)cc3n2C)cc1.CC1CC1. The molecular weight excluding hydrogens is 428 g/mol. The molecule has 1 N–H and O–H groups in total. The van der Waals surface area contributed by atoms with Crippen LogP contribution in [0.3, 0.4) is 0 Å². The van der Waals surface area contributed by atoms with E-state index in [-0.39, 0.29) is 11.9 Å². The molecular formula is C25H27F2N3O3. The fourth-order valence-electron chi connectivity index (χ4n) is 3.28. The summed E-state index contributed by atoms with van der Waals surface area (Å²) in [5, 5.41) is 12.9. The molecule has 1 aromatic heterocycles. The first-order valence-electron chi connectivity index (χ1n) is 10.7. The highest BCUT2D eigenvalue weighted by Crippen LogP contribution is 2.35. The lowest BCUT2D eigenvalue weighted by atomic mass is 10.1. The monoisotopic (exact) mass is 455 g/mol. The van der Waals surface area contributed by atoms with Gasteiger partial charge < -0.3 is 14.0 Å². The Morgan fingerprint density at radius 2 is 1.82 bits per heavy atom. The molecule has 0 atom stereocenters. The summed E-state index contributed by atoms with van der Waals surface area (Å²) >= 11 is 0. The zero-order valence-electron chi connectivity index (χ0n) is 19.1. The van der Waals surface area contributed by atoms with Gasteiger partial charge in [-0.2, -0.15) is 14.0 Å². The summed E-state index contributed by atoms with van der Waals surface area (Å²) in [6.07, 6.45) is 2.18. The quantitative estimate of drug-likeness (QED) is 0.465. The van der Waals surface area contributed by atoms with E-state index in [1.807, 2.05) is 0 Å². The van der Waals surface area contributed by atoms with E-state index < -0.39 is 12.7 Å². The van der Waals surface area contributed by atoms with Crippen LogP contribution in [0.2, 0.25) is 0 Å². The number of benzene rings is 2. The predicted molar refractivity (Wildman–Crippen MR) is 123 cm³/mol. The van der Waals surface area contributed by atoms with Crippen LogP contribution in [-0.4, -0.2) is 23.4 Å². The maximum absolute atomic E-state index is 12.5. The molecule has 4 rings (SSSR count). The number of alkyl halides is 2. The van der Waals surface area contributed by atoms with Crippen molar-refractivity contribution < 1.29 is 23.0 Å². The van der Waals surface area contributed by atoms with Gasteiger partial charge in [0.25, 0.3) is 0 Å². The molecule has 1 saturated carbocycles.